The van der Waals surface area contributed by atoms with Crippen LogP contribution in [0.15, 0.2) is 0 Å². The molecule has 2 atom stereocenters. The first-order valence-corrected chi connectivity index (χ1v) is 7.59. The van der Waals surface area contributed by atoms with Crippen LogP contribution in [0, 0.1) is 5.92 Å². The SMILES string of the molecule is CCC(C)CC(C)NC(=S)NC1CCCCC1. The zero-order valence-electron chi connectivity index (χ0n) is 11.6. The molecule has 1 aliphatic carbocycles. The molecule has 3 heteroatoms. The summed E-state index contributed by atoms with van der Waals surface area (Å²) in [5, 5.41) is 7.73. The minimum atomic E-state index is 0.480. The summed E-state index contributed by atoms with van der Waals surface area (Å²) in [5.74, 6) is 0.773. The first kappa shape index (κ1) is 14.7. The largest absolute Gasteiger partial charge is 0.360 e. The third-order valence-corrected chi connectivity index (χ3v) is 4.01. The molecule has 0 spiro atoms. The Labute approximate surface area is 112 Å². The van der Waals surface area contributed by atoms with Gasteiger partial charge in [-0.15, -0.1) is 0 Å². The molecule has 0 bridgehead atoms. The van der Waals surface area contributed by atoms with Crippen LogP contribution in [0.25, 0.3) is 0 Å². The number of thiocarbonyl (C=S) groups is 1. The van der Waals surface area contributed by atoms with Crippen LogP contribution in [0.2, 0.25) is 0 Å². The van der Waals surface area contributed by atoms with Gasteiger partial charge in [-0.2, -0.15) is 0 Å². The average molecular weight is 256 g/mol. The van der Waals surface area contributed by atoms with Gasteiger partial charge >= 0.3 is 0 Å². The summed E-state index contributed by atoms with van der Waals surface area (Å²) >= 11 is 5.38. The third-order valence-electron chi connectivity index (χ3n) is 3.77. The van der Waals surface area contributed by atoms with E-state index in [0.29, 0.717) is 12.1 Å². The second-order valence-corrected chi connectivity index (χ2v) is 6.01. The van der Waals surface area contributed by atoms with Crippen LogP contribution in [0.5, 0.6) is 0 Å². The maximum Gasteiger partial charge on any atom is 0.166 e. The molecule has 0 heterocycles. The van der Waals surface area contributed by atoms with Gasteiger partial charge in [0.25, 0.3) is 0 Å². The molecule has 0 aliphatic heterocycles. The van der Waals surface area contributed by atoms with E-state index in [1.807, 2.05) is 0 Å². The van der Waals surface area contributed by atoms with Gasteiger partial charge < -0.3 is 10.6 Å². The normalized spacial score (nSPS) is 20.6. The van der Waals surface area contributed by atoms with Crippen molar-refractivity contribution in [3.63, 3.8) is 0 Å². The monoisotopic (exact) mass is 256 g/mol. The summed E-state index contributed by atoms with van der Waals surface area (Å²) in [5.41, 5.74) is 0. The Morgan fingerprint density at radius 2 is 1.88 bits per heavy atom. The van der Waals surface area contributed by atoms with E-state index in [2.05, 4.69) is 31.4 Å². The molecule has 0 aromatic carbocycles. The van der Waals surface area contributed by atoms with E-state index >= 15 is 0 Å². The summed E-state index contributed by atoms with van der Waals surface area (Å²) < 4.78 is 0. The molecule has 100 valence electrons. The first-order valence-electron chi connectivity index (χ1n) is 7.18. The van der Waals surface area contributed by atoms with Gasteiger partial charge in [0.05, 0.1) is 0 Å². The third kappa shape index (κ3) is 6.25. The average Bonchev–Trinajstić information content (AvgIpc) is 2.29. The van der Waals surface area contributed by atoms with Crippen LogP contribution in [0.1, 0.15) is 65.7 Å². The molecule has 0 aromatic rings. The molecule has 2 N–H and O–H groups in total. The van der Waals surface area contributed by atoms with Crippen LogP contribution in [-0.4, -0.2) is 17.2 Å². The lowest BCUT2D eigenvalue weighted by Gasteiger charge is -2.26. The Kier molecular flexibility index (Phi) is 6.86. The van der Waals surface area contributed by atoms with Gasteiger partial charge in [-0.25, -0.2) is 0 Å². The van der Waals surface area contributed by atoms with Crippen LogP contribution in [-0.2, 0) is 0 Å². The zero-order valence-corrected chi connectivity index (χ0v) is 12.4. The summed E-state index contributed by atoms with van der Waals surface area (Å²) in [6.45, 7) is 6.77. The van der Waals surface area contributed by atoms with Gasteiger partial charge in [0, 0.05) is 12.1 Å². The van der Waals surface area contributed by atoms with E-state index < -0.39 is 0 Å². The smallest absolute Gasteiger partial charge is 0.166 e. The Morgan fingerprint density at radius 3 is 2.47 bits per heavy atom. The predicted molar refractivity (Wildman–Crippen MR) is 79.3 cm³/mol. The van der Waals surface area contributed by atoms with Gasteiger partial charge in [0.15, 0.2) is 5.11 Å². The molecule has 17 heavy (non-hydrogen) atoms. The molecule has 0 aromatic heterocycles. The summed E-state index contributed by atoms with van der Waals surface area (Å²) in [4.78, 5) is 0. The highest BCUT2D eigenvalue weighted by molar-refractivity contribution is 7.80. The lowest BCUT2D eigenvalue weighted by Crippen LogP contribution is -2.46. The minimum absolute atomic E-state index is 0.480. The molecule has 2 nitrogen and oxygen atoms in total. The lowest BCUT2D eigenvalue weighted by molar-refractivity contribution is 0.405. The van der Waals surface area contributed by atoms with E-state index in [1.165, 1.54) is 44.9 Å². The Balaban J connectivity index is 2.18. The van der Waals surface area contributed by atoms with Crippen molar-refractivity contribution in [2.45, 2.75) is 77.8 Å². The van der Waals surface area contributed by atoms with E-state index in [1.54, 1.807) is 0 Å². The van der Waals surface area contributed by atoms with Gasteiger partial charge in [-0.05, 0) is 44.3 Å². The molecular formula is C14H28N2S. The second-order valence-electron chi connectivity index (χ2n) is 5.60. The number of hydrogen-bond acceptors (Lipinski definition) is 1. The highest BCUT2D eigenvalue weighted by Gasteiger charge is 2.15. The second kappa shape index (κ2) is 7.91. The Hall–Kier alpha value is -0.310. The number of rotatable bonds is 5. The quantitative estimate of drug-likeness (QED) is 0.735. The fourth-order valence-corrected chi connectivity index (χ4v) is 2.89. The summed E-state index contributed by atoms with van der Waals surface area (Å²) in [7, 11) is 0. The van der Waals surface area contributed by atoms with E-state index in [-0.39, 0.29) is 0 Å². The van der Waals surface area contributed by atoms with Crippen LogP contribution >= 0.6 is 12.2 Å². The van der Waals surface area contributed by atoms with E-state index in [0.717, 1.165) is 11.0 Å². The maximum absolute atomic E-state index is 5.38. The lowest BCUT2D eigenvalue weighted by atomic mass is 9.96. The summed E-state index contributed by atoms with van der Waals surface area (Å²) in [6, 6.07) is 1.09. The number of hydrogen-bond donors (Lipinski definition) is 2. The molecule has 2 unspecified atom stereocenters. The van der Waals surface area contributed by atoms with Crippen molar-refractivity contribution < 1.29 is 0 Å². The van der Waals surface area contributed by atoms with Crippen molar-refractivity contribution in [1.82, 2.24) is 10.6 Å². The van der Waals surface area contributed by atoms with Gasteiger partial charge in [0.1, 0.15) is 0 Å². The Morgan fingerprint density at radius 1 is 1.24 bits per heavy atom. The van der Waals surface area contributed by atoms with Crippen molar-refractivity contribution in [3.05, 3.63) is 0 Å². The van der Waals surface area contributed by atoms with Gasteiger partial charge in [-0.1, -0.05) is 39.5 Å². The molecule has 1 saturated carbocycles. The highest BCUT2D eigenvalue weighted by atomic mass is 32.1. The fraction of sp³-hybridized carbons (Fsp3) is 0.929. The van der Waals surface area contributed by atoms with Gasteiger partial charge in [-0.3, -0.25) is 0 Å². The molecule has 0 radical (unpaired) electrons. The Bertz CT molecular complexity index is 224. The molecule has 0 saturated heterocycles. The van der Waals surface area contributed by atoms with Crippen molar-refractivity contribution >= 4 is 17.3 Å². The van der Waals surface area contributed by atoms with E-state index in [4.69, 9.17) is 12.2 Å². The van der Waals surface area contributed by atoms with Crippen molar-refractivity contribution in [2.24, 2.45) is 5.92 Å². The summed E-state index contributed by atoms with van der Waals surface area (Å²) in [6.07, 6.45) is 9.09. The molecule has 1 rings (SSSR count). The fourth-order valence-electron chi connectivity index (χ4n) is 2.53. The first-order chi connectivity index (χ1) is 8.11. The van der Waals surface area contributed by atoms with Crippen LogP contribution in [0.3, 0.4) is 0 Å². The standard InChI is InChI=1S/C14H28N2S/c1-4-11(2)10-12(3)15-14(17)16-13-8-6-5-7-9-13/h11-13H,4-10H2,1-3H3,(H2,15,16,17). The molecule has 0 amide bonds. The zero-order chi connectivity index (χ0) is 12.7. The van der Waals surface area contributed by atoms with Crippen molar-refractivity contribution in [2.75, 3.05) is 0 Å². The van der Waals surface area contributed by atoms with E-state index in [9.17, 15) is 0 Å². The molecule has 1 aliphatic rings. The highest BCUT2D eigenvalue weighted by Crippen LogP contribution is 2.17. The molecule has 1 fully saturated rings. The van der Waals surface area contributed by atoms with Crippen molar-refractivity contribution in [3.8, 4) is 0 Å². The van der Waals surface area contributed by atoms with Gasteiger partial charge in [0.2, 0.25) is 0 Å². The van der Waals surface area contributed by atoms with Crippen LogP contribution < -0.4 is 10.6 Å². The predicted octanol–water partition coefficient (Wildman–Crippen LogP) is 3.61. The molecular weight excluding hydrogens is 228 g/mol. The maximum atomic E-state index is 5.38. The topological polar surface area (TPSA) is 24.1 Å². The minimum Gasteiger partial charge on any atom is -0.360 e. The number of nitrogens with one attached hydrogen (secondary N) is 2. The van der Waals surface area contributed by atoms with Crippen LogP contribution in [0.4, 0.5) is 0 Å². The van der Waals surface area contributed by atoms with Crippen molar-refractivity contribution in [1.29, 1.82) is 0 Å².